The Kier molecular flexibility index (Phi) is 5.31. The molecule has 0 aromatic carbocycles. The minimum Gasteiger partial charge on any atom is -0.360 e. The molecule has 2 aliphatic rings. The Hall–Kier alpha value is -0.870. The highest BCUT2D eigenvalue weighted by Crippen LogP contribution is 2.35. The zero-order chi connectivity index (χ0) is 14.5. The fourth-order valence-corrected chi connectivity index (χ4v) is 4.03. The summed E-state index contributed by atoms with van der Waals surface area (Å²) in [5.41, 5.74) is 1.04. The van der Waals surface area contributed by atoms with E-state index in [0.717, 1.165) is 49.5 Å². The van der Waals surface area contributed by atoms with Crippen molar-refractivity contribution in [3.05, 3.63) is 17.5 Å². The lowest BCUT2D eigenvalue weighted by molar-refractivity contribution is 0.0479. The van der Waals surface area contributed by atoms with Crippen molar-refractivity contribution in [2.75, 3.05) is 13.1 Å². The molecule has 1 aliphatic heterocycles. The summed E-state index contributed by atoms with van der Waals surface area (Å²) < 4.78 is 5.55. The quantitative estimate of drug-likeness (QED) is 0.816. The first kappa shape index (κ1) is 15.0. The van der Waals surface area contributed by atoms with Gasteiger partial charge in [0.15, 0.2) is 5.76 Å². The van der Waals surface area contributed by atoms with E-state index in [1.54, 1.807) is 0 Å². The van der Waals surface area contributed by atoms with E-state index in [9.17, 15) is 0 Å². The highest BCUT2D eigenvalue weighted by molar-refractivity contribution is 5.06. The standard InChI is InChI=1S/C17H29N3O/c1-2-9-18-12-15-11-16(21-19-15)13-20-10-5-7-14-6-3-4-8-17(14)20/h11,14,17-18H,2-10,12-13H2,1H3/t14-,17-/m1/s1. The summed E-state index contributed by atoms with van der Waals surface area (Å²) >= 11 is 0. The van der Waals surface area contributed by atoms with Crippen molar-refractivity contribution >= 4 is 0 Å². The van der Waals surface area contributed by atoms with Gasteiger partial charge < -0.3 is 9.84 Å². The average molecular weight is 291 g/mol. The van der Waals surface area contributed by atoms with Crippen LogP contribution in [0.3, 0.4) is 0 Å². The molecule has 118 valence electrons. The zero-order valence-electron chi connectivity index (χ0n) is 13.3. The van der Waals surface area contributed by atoms with Gasteiger partial charge >= 0.3 is 0 Å². The molecule has 21 heavy (non-hydrogen) atoms. The summed E-state index contributed by atoms with van der Waals surface area (Å²) in [6.45, 7) is 6.22. The number of piperidine rings is 1. The minimum atomic E-state index is 0.791. The predicted molar refractivity (Wildman–Crippen MR) is 83.9 cm³/mol. The van der Waals surface area contributed by atoms with Crippen molar-refractivity contribution in [3.63, 3.8) is 0 Å². The molecule has 1 saturated carbocycles. The van der Waals surface area contributed by atoms with Gasteiger partial charge in [0.25, 0.3) is 0 Å². The zero-order valence-corrected chi connectivity index (χ0v) is 13.3. The third-order valence-corrected chi connectivity index (χ3v) is 5.06. The summed E-state index contributed by atoms with van der Waals surface area (Å²) in [6, 6.07) is 2.93. The summed E-state index contributed by atoms with van der Waals surface area (Å²) in [5.74, 6) is 1.97. The molecule has 1 N–H and O–H groups in total. The molecular weight excluding hydrogens is 262 g/mol. The molecule has 1 aromatic rings. The van der Waals surface area contributed by atoms with E-state index in [2.05, 4.69) is 28.4 Å². The first-order valence-electron chi connectivity index (χ1n) is 8.76. The molecule has 3 rings (SSSR count). The van der Waals surface area contributed by atoms with Gasteiger partial charge in [0, 0.05) is 18.7 Å². The molecule has 0 unspecified atom stereocenters. The predicted octanol–water partition coefficient (Wildman–Crippen LogP) is 3.33. The Morgan fingerprint density at radius 3 is 3.05 bits per heavy atom. The molecule has 4 nitrogen and oxygen atoms in total. The number of rotatable bonds is 6. The van der Waals surface area contributed by atoms with E-state index in [0.29, 0.717) is 0 Å². The van der Waals surface area contributed by atoms with E-state index in [1.165, 1.54) is 45.1 Å². The van der Waals surface area contributed by atoms with Gasteiger partial charge in [-0.15, -0.1) is 0 Å². The van der Waals surface area contributed by atoms with Crippen molar-refractivity contribution in [1.82, 2.24) is 15.4 Å². The molecule has 1 aromatic heterocycles. The summed E-state index contributed by atoms with van der Waals surface area (Å²) in [4.78, 5) is 2.65. The van der Waals surface area contributed by atoms with Gasteiger partial charge in [-0.1, -0.05) is 24.9 Å². The summed E-state index contributed by atoms with van der Waals surface area (Å²) in [7, 11) is 0. The topological polar surface area (TPSA) is 41.3 Å². The van der Waals surface area contributed by atoms with Crippen molar-refractivity contribution < 1.29 is 4.52 Å². The number of likely N-dealkylation sites (tertiary alicyclic amines) is 1. The van der Waals surface area contributed by atoms with Gasteiger partial charge in [-0.05, 0) is 51.1 Å². The van der Waals surface area contributed by atoms with Gasteiger partial charge in [0.05, 0.1) is 12.2 Å². The van der Waals surface area contributed by atoms with Crippen molar-refractivity contribution in [3.8, 4) is 0 Å². The van der Waals surface area contributed by atoms with Gasteiger partial charge in [-0.25, -0.2) is 0 Å². The molecule has 4 heteroatoms. The van der Waals surface area contributed by atoms with Crippen molar-refractivity contribution in [1.29, 1.82) is 0 Å². The Morgan fingerprint density at radius 2 is 2.14 bits per heavy atom. The molecule has 0 bridgehead atoms. The number of nitrogens with one attached hydrogen (secondary N) is 1. The van der Waals surface area contributed by atoms with Gasteiger partial charge in [0.1, 0.15) is 0 Å². The third kappa shape index (κ3) is 3.86. The summed E-state index contributed by atoms with van der Waals surface area (Å²) in [6.07, 6.45) is 9.59. The molecule has 1 saturated heterocycles. The van der Waals surface area contributed by atoms with Gasteiger partial charge in [0.2, 0.25) is 0 Å². The van der Waals surface area contributed by atoms with Crippen LogP contribution in [0.4, 0.5) is 0 Å². The lowest BCUT2D eigenvalue weighted by Crippen LogP contribution is -2.46. The summed E-state index contributed by atoms with van der Waals surface area (Å²) in [5, 5.41) is 7.57. The lowest BCUT2D eigenvalue weighted by atomic mass is 9.78. The van der Waals surface area contributed by atoms with Crippen LogP contribution in [0.15, 0.2) is 10.6 Å². The monoisotopic (exact) mass is 291 g/mol. The van der Waals surface area contributed by atoms with Crippen molar-refractivity contribution in [2.45, 2.75) is 71.0 Å². The minimum absolute atomic E-state index is 0.791. The Labute approximate surface area is 128 Å². The average Bonchev–Trinajstić information content (AvgIpc) is 2.96. The molecule has 2 heterocycles. The van der Waals surface area contributed by atoms with Crippen LogP contribution in [-0.4, -0.2) is 29.2 Å². The van der Waals surface area contributed by atoms with Crippen LogP contribution < -0.4 is 5.32 Å². The lowest BCUT2D eigenvalue weighted by Gasteiger charge is -2.43. The highest BCUT2D eigenvalue weighted by atomic mass is 16.5. The molecule has 2 atom stereocenters. The van der Waals surface area contributed by atoms with Gasteiger partial charge in [-0.2, -0.15) is 0 Å². The molecule has 0 radical (unpaired) electrons. The SMILES string of the molecule is CCCNCc1cc(CN2CCC[C@H]3CCCC[C@H]32)on1. The number of aromatic nitrogens is 1. The number of fused-ring (bicyclic) bond motifs is 1. The number of nitrogens with zero attached hydrogens (tertiary/aromatic N) is 2. The highest BCUT2D eigenvalue weighted by Gasteiger charge is 2.33. The largest absolute Gasteiger partial charge is 0.360 e. The second kappa shape index (κ2) is 7.41. The normalized spacial score (nSPS) is 26.7. The fourth-order valence-electron chi connectivity index (χ4n) is 4.03. The Morgan fingerprint density at radius 1 is 1.29 bits per heavy atom. The van der Waals surface area contributed by atoms with Crippen LogP contribution in [0.2, 0.25) is 0 Å². The van der Waals surface area contributed by atoms with E-state index < -0.39 is 0 Å². The Balaban J connectivity index is 1.55. The Bertz CT molecular complexity index is 429. The van der Waals surface area contributed by atoms with Crippen molar-refractivity contribution in [2.24, 2.45) is 5.92 Å². The van der Waals surface area contributed by atoms with E-state index in [-0.39, 0.29) is 0 Å². The molecule has 0 amide bonds. The van der Waals surface area contributed by atoms with E-state index >= 15 is 0 Å². The number of hydrogen-bond acceptors (Lipinski definition) is 4. The molecule has 2 fully saturated rings. The number of hydrogen-bond donors (Lipinski definition) is 1. The van der Waals surface area contributed by atoms with Crippen LogP contribution in [0.5, 0.6) is 0 Å². The smallest absolute Gasteiger partial charge is 0.151 e. The second-order valence-electron chi connectivity index (χ2n) is 6.69. The molecule has 1 aliphatic carbocycles. The fraction of sp³-hybridized carbons (Fsp3) is 0.824. The first-order valence-corrected chi connectivity index (χ1v) is 8.76. The maximum Gasteiger partial charge on any atom is 0.151 e. The molecule has 0 spiro atoms. The van der Waals surface area contributed by atoms with Crippen LogP contribution in [0.1, 0.15) is 63.3 Å². The molecular formula is C17H29N3O. The third-order valence-electron chi connectivity index (χ3n) is 5.06. The van der Waals surface area contributed by atoms with Gasteiger partial charge in [-0.3, -0.25) is 4.90 Å². The van der Waals surface area contributed by atoms with E-state index in [1.807, 2.05) is 0 Å². The van der Waals surface area contributed by atoms with Crippen LogP contribution in [0.25, 0.3) is 0 Å². The van der Waals surface area contributed by atoms with E-state index in [4.69, 9.17) is 4.52 Å². The second-order valence-corrected chi connectivity index (χ2v) is 6.69. The van der Waals surface area contributed by atoms with Crippen LogP contribution >= 0.6 is 0 Å². The maximum atomic E-state index is 5.55. The van der Waals surface area contributed by atoms with Crippen LogP contribution in [-0.2, 0) is 13.1 Å². The van der Waals surface area contributed by atoms with Crippen LogP contribution in [0, 0.1) is 5.92 Å². The first-order chi connectivity index (χ1) is 10.4. The maximum absolute atomic E-state index is 5.55.